The molecule has 0 bridgehead atoms. The van der Waals surface area contributed by atoms with Gasteiger partial charge >= 0.3 is 0 Å². The second kappa shape index (κ2) is 3.36. The highest BCUT2D eigenvalue weighted by Crippen LogP contribution is 2.28. The number of allylic oxidation sites excluding steroid dienone is 2. The minimum Gasteiger partial charge on any atom is -0.338 e. The van der Waals surface area contributed by atoms with Gasteiger partial charge in [0.2, 0.25) is 5.91 Å². The Bertz CT molecular complexity index is 288. The zero-order valence-electron chi connectivity index (χ0n) is 8.05. The van der Waals surface area contributed by atoms with Gasteiger partial charge in [0, 0.05) is 19.2 Å². The highest BCUT2D eigenvalue weighted by atomic mass is 16.2. The van der Waals surface area contributed by atoms with E-state index in [9.17, 15) is 4.79 Å². The maximum Gasteiger partial charge on any atom is 0.250 e. The van der Waals surface area contributed by atoms with Crippen molar-refractivity contribution in [3.05, 3.63) is 23.3 Å². The fraction of sp³-hybridized carbons (Fsp3) is 0.545. The van der Waals surface area contributed by atoms with Crippen molar-refractivity contribution in [1.82, 2.24) is 4.90 Å². The smallest absolute Gasteiger partial charge is 0.250 e. The Kier molecular flexibility index (Phi) is 2.21. The van der Waals surface area contributed by atoms with E-state index in [4.69, 9.17) is 0 Å². The molecule has 70 valence electrons. The lowest BCUT2D eigenvalue weighted by molar-refractivity contribution is -0.125. The largest absolute Gasteiger partial charge is 0.338 e. The van der Waals surface area contributed by atoms with Gasteiger partial charge in [-0.25, -0.2) is 0 Å². The van der Waals surface area contributed by atoms with Gasteiger partial charge < -0.3 is 4.90 Å². The Morgan fingerprint density at radius 2 is 2.08 bits per heavy atom. The molecule has 0 aromatic rings. The number of likely N-dealkylation sites (N-methyl/N-ethyl adjacent to an activating group) is 1. The standard InChI is InChI=1S/C11H15NO/c1-12-8-4-6-9-5-2-3-7-10(9)11(12)13/h4,6H,2-3,5,7-8H2,1H3. The molecule has 1 aliphatic heterocycles. The van der Waals surface area contributed by atoms with Gasteiger partial charge in [-0.1, -0.05) is 12.2 Å². The van der Waals surface area contributed by atoms with E-state index >= 15 is 0 Å². The summed E-state index contributed by atoms with van der Waals surface area (Å²) in [5.41, 5.74) is 2.34. The second-order valence-electron chi connectivity index (χ2n) is 3.80. The van der Waals surface area contributed by atoms with Crippen LogP contribution in [0.2, 0.25) is 0 Å². The van der Waals surface area contributed by atoms with Crippen LogP contribution in [0.1, 0.15) is 25.7 Å². The molecule has 1 amide bonds. The van der Waals surface area contributed by atoms with Gasteiger partial charge in [0.25, 0.3) is 0 Å². The first kappa shape index (κ1) is 8.54. The summed E-state index contributed by atoms with van der Waals surface area (Å²) < 4.78 is 0. The number of rotatable bonds is 0. The van der Waals surface area contributed by atoms with Crippen LogP contribution in [-0.2, 0) is 4.79 Å². The van der Waals surface area contributed by atoms with E-state index in [0.29, 0.717) is 0 Å². The number of carbonyl (C=O) groups excluding carboxylic acids is 1. The third kappa shape index (κ3) is 1.53. The van der Waals surface area contributed by atoms with E-state index in [1.165, 1.54) is 18.4 Å². The number of carbonyl (C=O) groups is 1. The van der Waals surface area contributed by atoms with Crippen LogP contribution in [-0.4, -0.2) is 24.4 Å². The van der Waals surface area contributed by atoms with E-state index in [-0.39, 0.29) is 5.91 Å². The topological polar surface area (TPSA) is 20.3 Å². The van der Waals surface area contributed by atoms with E-state index in [1.54, 1.807) is 4.90 Å². The van der Waals surface area contributed by atoms with Gasteiger partial charge in [0.15, 0.2) is 0 Å². The third-order valence-corrected chi connectivity index (χ3v) is 2.81. The molecule has 2 nitrogen and oxygen atoms in total. The Balaban J connectivity index is 2.35. The minimum atomic E-state index is 0.236. The van der Waals surface area contributed by atoms with E-state index in [2.05, 4.69) is 12.2 Å². The van der Waals surface area contributed by atoms with Crippen molar-refractivity contribution in [3.8, 4) is 0 Å². The molecule has 0 aromatic carbocycles. The van der Waals surface area contributed by atoms with Gasteiger partial charge in [-0.05, 0) is 31.3 Å². The Hall–Kier alpha value is -1.05. The highest BCUT2D eigenvalue weighted by Gasteiger charge is 2.21. The molecule has 13 heavy (non-hydrogen) atoms. The first-order valence-electron chi connectivity index (χ1n) is 4.93. The SMILES string of the molecule is CN1CC=CC2=C(CCCC2)C1=O. The summed E-state index contributed by atoms with van der Waals surface area (Å²) in [7, 11) is 1.87. The van der Waals surface area contributed by atoms with Crippen molar-refractivity contribution in [1.29, 1.82) is 0 Å². The first-order chi connectivity index (χ1) is 6.29. The van der Waals surface area contributed by atoms with Crippen LogP contribution in [0.4, 0.5) is 0 Å². The zero-order chi connectivity index (χ0) is 9.26. The molecule has 0 radical (unpaired) electrons. The summed E-state index contributed by atoms with van der Waals surface area (Å²) in [5.74, 6) is 0.236. The number of hydrogen-bond acceptors (Lipinski definition) is 1. The van der Waals surface area contributed by atoms with Crippen LogP contribution in [0.25, 0.3) is 0 Å². The molecule has 0 unspecified atom stereocenters. The minimum absolute atomic E-state index is 0.236. The van der Waals surface area contributed by atoms with Crippen LogP contribution in [0.5, 0.6) is 0 Å². The summed E-state index contributed by atoms with van der Waals surface area (Å²) >= 11 is 0. The lowest BCUT2D eigenvalue weighted by Crippen LogP contribution is -2.28. The average Bonchev–Trinajstić information content (AvgIpc) is 2.29. The molecular formula is C11H15NO. The van der Waals surface area contributed by atoms with Crippen molar-refractivity contribution in [2.75, 3.05) is 13.6 Å². The third-order valence-electron chi connectivity index (χ3n) is 2.81. The molecule has 2 heteroatoms. The fourth-order valence-electron chi connectivity index (χ4n) is 2.02. The molecule has 0 spiro atoms. The van der Waals surface area contributed by atoms with Gasteiger partial charge in [0.1, 0.15) is 0 Å². The van der Waals surface area contributed by atoms with Crippen molar-refractivity contribution >= 4 is 5.91 Å². The van der Waals surface area contributed by atoms with Gasteiger partial charge in [0.05, 0.1) is 0 Å². The second-order valence-corrected chi connectivity index (χ2v) is 3.80. The van der Waals surface area contributed by atoms with Crippen molar-refractivity contribution in [3.63, 3.8) is 0 Å². The van der Waals surface area contributed by atoms with Crippen molar-refractivity contribution in [2.45, 2.75) is 25.7 Å². The monoisotopic (exact) mass is 177 g/mol. The van der Waals surface area contributed by atoms with Gasteiger partial charge in [-0.3, -0.25) is 4.79 Å². The first-order valence-corrected chi connectivity index (χ1v) is 4.93. The summed E-state index contributed by atoms with van der Waals surface area (Å²) in [5, 5.41) is 0. The molecule has 0 aromatic heterocycles. The number of amides is 1. The molecule has 1 aliphatic carbocycles. The van der Waals surface area contributed by atoms with Gasteiger partial charge in [-0.2, -0.15) is 0 Å². The molecule has 0 atom stereocenters. The Morgan fingerprint density at radius 1 is 1.31 bits per heavy atom. The van der Waals surface area contributed by atoms with E-state index in [0.717, 1.165) is 25.0 Å². The molecule has 2 rings (SSSR count). The van der Waals surface area contributed by atoms with Crippen LogP contribution in [0, 0.1) is 0 Å². The van der Waals surface area contributed by atoms with Crippen LogP contribution < -0.4 is 0 Å². The van der Waals surface area contributed by atoms with Crippen LogP contribution >= 0.6 is 0 Å². The molecular weight excluding hydrogens is 162 g/mol. The number of hydrogen-bond donors (Lipinski definition) is 0. The molecule has 0 fully saturated rings. The van der Waals surface area contributed by atoms with E-state index < -0.39 is 0 Å². The number of nitrogens with zero attached hydrogens (tertiary/aromatic N) is 1. The molecule has 1 heterocycles. The molecule has 2 aliphatic rings. The lowest BCUT2D eigenvalue weighted by atomic mass is 9.91. The summed E-state index contributed by atoms with van der Waals surface area (Å²) in [6.45, 7) is 0.756. The quantitative estimate of drug-likeness (QED) is 0.553. The summed E-state index contributed by atoms with van der Waals surface area (Å²) in [6.07, 6.45) is 8.70. The zero-order valence-corrected chi connectivity index (χ0v) is 8.05. The summed E-state index contributed by atoms with van der Waals surface area (Å²) in [4.78, 5) is 13.6. The average molecular weight is 177 g/mol. The predicted octanol–water partition coefficient (Wildman–Crippen LogP) is 1.89. The highest BCUT2D eigenvalue weighted by molar-refractivity contribution is 5.95. The Morgan fingerprint density at radius 3 is 2.92 bits per heavy atom. The van der Waals surface area contributed by atoms with Crippen molar-refractivity contribution in [2.24, 2.45) is 0 Å². The lowest BCUT2D eigenvalue weighted by Gasteiger charge is -2.19. The molecule has 0 saturated heterocycles. The normalized spacial score (nSPS) is 23.2. The van der Waals surface area contributed by atoms with Gasteiger partial charge in [-0.15, -0.1) is 0 Å². The maximum absolute atomic E-state index is 11.8. The maximum atomic E-state index is 11.8. The van der Waals surface area contributed by atoms with Crippen molar-refractivity contribution < 1.29 is 4.79 Å². The summed E-state index contributed by atoms with van der Waals surface area (Å²) in [6, 6.07) is 0. The van der Waals surface area contributed by atoms with Crippen LogP contribution in [0.3, 0.4) is 0 Å². The fourth-order valence-corrected chi connectivity index (χ4v) is 2.02. The van der Waals surface area contributed by atoms with Crippen LogP contribution in [0.15, 0.2) is 23.3 Å². The molecule has 0 saturated carbocycles. The Labute approximate surface area is 78.9 Å². The predicted molar refractivity (Wildman–Crippen MR) is 52.3 cm³/mol. The van der Waals surface area contributed by atoms with E-state index in [1.807, 2.05) is 7.05 Å². The molecule has 0 N–H and O–H groups in total.